The fraction of sp³-hybridized carbons (Fsp3) is 0.222. The van der Waals surface area contributed by atoms with Crippen molar-refractivity contribution in [2.75, 3.05) is 11.5 Å². The van der Waals surface area contributed by atoms with Crippen LogP contribution in [0.5, 0.6) is 0 Å². The molecule has 1 atom stereocenters. The topological polar surface area (TPSA) is 86.0 Å². The van der Waals surface area contributed by atoms with Gasteiger partial charge < -0.3 is 9.88 Å². The zero-order chi connectivity index (χ0) is 19.0. The van der Waals surface area contributed by atoms with Crippen molar-refractivity contribution in [2.45, 2.75) is 12.5 Å². The van der Waals surface area contributed by atoms with Crippen molar-refractivity contribution in [2.24, 2.45) is 0 Å². The lowest BCUT2D eigenvalue weighted by Gasteiger charge is -2.13. The molecule has 1 saturated heterocycles. The largest absolute Gasteiger partial charge is 0.348 e. The van der Waals surface area contributed by atoms with Crippen molar-refractivity contribution in [1.82, 2.24) is 19.7 Å². The van der Waals surface area contributed by atoms with Gasteiger partial charge in [0.05, 0.1) is 23.4 Å². The van der Waals surface area contributed by atoms with E-state index in [1.165, 1.54) is 18.3 Å². The maximum Gasteiger partial charge on any atom is 0.256 e. The number of benzene rings is 1. The molecule has 2 aromatic heterocycles. The summed E-state index contributed by atoms with van der Waals surface area (Å²) in [5.74, 6) is -0.242. The highest BCUT2D eigenvalue weighted by Gasteiger charge is 2.30. The van der Waals surface area contributed by atoms with Crippen molar-refractivity contribution in [3.8, 4) is 11.5 Å². The molecule has 0 unspecified atom stereocenters. The number of nitrogens with zero attached hydrogens (tertiary/aromatic N) is 3. The van der Waals surface area contributed by atoms with Gasteiger partial charge in [0.1, 0.15) is 11.4 Å². The highest BCUT2D eigenvalue weighted by atomic mass is 32.2. The number of aromatic nitrogens is 3. The first-order valence-corrected chi connectivity index (χ1v) is 10.2. The van der Waals surface area contributed by atoms with Gasteiger partial charge in [-0.1, -0.05) is 0 Å². The molecule has 0 bridgehead atoms. The van der Waals surface area contributed by atoms with Crippen molar-refractivity contribution in [1.29, 1.82) is 0 Å². The van der Waals surface area contributed by atoms with Crippen molar-refractivity contribution < 1.29 is 17.6 Å². The minimum atomic E-state index is -3.09. The second-order valence-corrected chi connectivity index (χ2v) is 8.66. The third kappa shape index (κ3) is 3.50. The molecule has 0 spiro atoms. The van der Waals surface area contributed by atoms with Gasteiger partial charge in [0.2, 0.25) is 0 Å². The normalized spacial score (nSPS) is 18.5. The highest BCUT2D eigenvalue weighted by Crippen LogP contribution is 2.21. The smallest absolute Gasteiger partial charge is 0.256 e. The van der Waals surface area contributed by atoms with Crippen LogP contribution in [0.15, 0.2) is 55.0 Å². The van der Waals surface area contributed by atoms with E-state index in [0.717, 1.165) is 0 Å². The first-order valence-electron chi connectivity index (χ1n) is 8.41. The van der Waals surface area contributed by atoms with Crippen molar-refractivity contribution >= 4 is 15.7 Å². The Morgan fingerprint density at radius 2 is 1.89 bits per heavy atom. The maximum absolute atomic E-state index is 13.3. The predicted octanol–water partition coefficient (Wildman–Crippen LogP) is 1.72. The van der Waals surface area contributed by atoms with Gasteiger partial charge in [-0.2, -0.15) is 5.10 Å². The lowest BCUT2D eigenvalue weighted by molar-refractivity contribution is 0.0941. The Hall–Kier alpha value is -2.94. The Balaban J connectivity index is 1.71. The van der Waals surface area contributed by atoms with Gasteiger partial charge in [-0.25, -0.2) is 17.5 Å². The van der Waals surface area contributed by atoms with Crippen LogP contribution in [0.2, 0.25) is 0 Å². The zero-order valence-electron chi connectivity index (χ0n) is 14.2. The molecule has 3 heterocycles. The van der Waals surface area contributed by atoms with Crippen LogP contribution < -0.4 is 5.32 Å². The third-order valence-corrected chi connectivity index (χ3v) is 6.24. The molecule has 27 heavy (non-hydrogen) atoms. The molecule has 0 radical (unpaired) electrons. The summed E-state index contributed by atoms with van der Waals surface area (Å²) in [5, 5.41) is 7.07. The average molecular weight is 388 g/mol. The van der Waals surface area contributed by atoms with Crippen LogP contribution in [-0.2, 0) is 9.84 Å². The summed E-state index contributed by atoms with van der Waals surface area (Å²) in [5.41, 5.74) is 0.905. The number of hydrogen-bond acceptors (Lipinski definition) is 4. The van der Waals surface area contributed by atoms with E-state index >= 15 is 0 Å². The number of nitrogens with one attached hydrogen (secondary N) is 1. The van der Waals surface area contributed by atoms with Gasteiger partial charge in [0, 0.05) is 18.4 Å². The summed E-state index contributed by atoms with van der Waals surface area (Å²) in [6.07, 6.45) is 5.37. The number of sulfone groups is 1. The number of carbonyl (C=O) groups excluding carboxylic acids is 1. The maximum atomic E-state index is 13.3. The summed E-state index contributed by atoms with van der Waals surface area (Å²) >= 11 is 0. The quantitative estimate of drug-likeness (QED) is 0.737. The first-order chi connectivity index (χ1) is 12.9. The van der Waals surface area contributed by atoms with E-state index in [-0.39, 0.29) is 17.3 Å². The minimum Gasteiger partial charge on any atom is -0.348 e. The lowest BCUT2D eigenvalue weighted by Crippen LogP contribution is -2.36. The van der Waals surface area contributed by atoms with E-state index < -0.39 is 21.8 Å². The van der Waals surface area contributed by atoms with Crippen LogP contribution >= 0.6 is 0 Å². The number of carbonyl (C=O) groups is 1. The number of rotatable bonds is 4. The Labute approximate surface area is 155 Å². The first kappa shape index (κ1) is 17.5. The predicted molar refractivity (Wildman–Crippen MR) is 97.4 cm³/mol. The summed E-state index contributed by atoms with van der Waals surface area (Å²) in [6.45, 7) is 0. The van der Waals surface area contributed by atoms with E-state index in [1.807, 2.05) is 12.1 Å². The van der Waals surface area contributed by atoms with Crippen LogP contribution in [0.3, 0.4) is 0 Å². The third-order valence-electron chi connectivity index (χ3n) is 4.48. The Morgan fingerprint density at radius 3 is 2.52 bits per heavy atom. The number of amides is 1. The molecule has 1 fully saturated rings. The summed E-state index contributed by atoms with van der Waals surface area (Å²) in [4.78, 5) is 12.8. The van der Waals surface area contributed by atoms with Gasteiger partial charge in [-0.15, -0.1) is 0 Å². The molecule has 0 aliphatic carbocycles. The molecule has 9 heteroatoms. The molecule has 0 saturated carbocycles. The zero-order valence-corrected chi connectivity index (χ0v) is 15.1. The number of hydrogen-bond donors (Lipinski definition) is 1. The minimum absolute atomic E-state index is 0.0519. The lowest BCUT2D eigenvalue weighted by atomic mass is 10.2. The fourth-order valence-electron chi connectivity index (χ4n) is 3.17. The molecule has 1 aromatic carbocycles. The van der Waals surface area contributed by atoms with E-state index in [0.29, 0.717) is 23.5 Å². The van der Waals surface area contributed by atoms with Crippen LogP contribution in [0, 0.1) is 5.82 Å². The molecule has 140 valence electrons. The second kappa shape index (κ2) is 6.66. The van der Waals surface area contributed by atoms with Gasteiger partial charge in [-0.3, -0.25) is 4.79 Å². The van der Waals surface area contributed by atoms with Crippen LogP contribution in [0.1, 0.15) is 16.8 Å². The molecular weight excluding hydrogens is 371 g/mol. The summed E-state index contributed by atoms with van der Waals surface area (Å²) < 4.78 is 39.8. The number of halogens is 1. The molecule has 1 N–H and O–H groups in total. The fourth-order valence-corrected chi connectivity index (χ4v) is 4.84. The van der Waals surface area contributed by atoms with Crippen molar-refractivity contribution in [3.05, 3.63) is 66.4 Å². The van der Waals surface area contributed by atoms with Crippen LogP contribution in [-0.4, -0.2) is 46.2 Å². The Bertz CT molecular complexity index is 1070. The van der Waals surface area contributed by atoms with E-state index in [9.17, 15) is 17.6 Å². The molecular formula is C18H17FN4O3S. The molecule has 3 aromatic rings. The summed E-state index contributed by atoms with van der Waals surface area (Å²) in [6, 6.07) is 9.00. The van der Waals surface area contributed by atoms with Crippen molar-refractivity contribution in [3.63, 3.8) is 0 Å². The molecule has 1 aliphatic heterocycles. The SMILES string of the molecule is O=C(N[C@H]1CCS(=O)(=O)C1)c1cnn(-c2ccc(F)cc2)c1-n1cccc1. The second-order valence-electron chi connectivity index (χ2n) is 6.43. The molecule has 4 rings (SSSR count). The molecule has 1 amide bonds. The molecule has 7 nitrogen and oxygen atoms in total. The van der Waals surface area contributed by atoms with Crippen LogP contribution in [0.25, 0.3) is 11.5 Å². The summed E-state index contributed by atoms with van der Waals surface area (Å²) in [7, 11) is -3.09. The average Bonchev–Trinajstić information content (AvgIpc) is 3.34. The van der Waals surface area contributed by atoms with Crippen LogP contribution in [0.4, 0.5) is 4.39 Å². The Kier molecular flexibility index (Phi) is 4.31. The van der Waals surface area contributed by atoms with Gasteiger partial charge in [0.25, 0.3) is 5.91 Å². The van der Waals surface area contributed by atoms with E-state index in [2.05, 4.69) is 10.4 Å². The highest BCUT2D eigenvalue weighted by molar-refractivity contribution is 7.91. The molecule has 1 aliphatic rings. The standard InChI is InChI=1S/C18H17FN4O3S/c19-13-3-5-15(6-4-13)23-18(22-8-1-2-9-22)16(11-20-23)17(24)21-14-7-10-27(25,26)12-14/h1-6,8-9,11,14H,7,10,12H2,(H,21,24)/t14-/m0/s1. The van der Waals surface area contributed by atoms with Gasteiger partial charge >= 0.3 is 0 Å². The van der Waals surface area contributed by atoms with Gasteiger partial charge in [-0.05, 0) is 42.8 Å². The van der Waals surface area contributed by atoms with E-state index in [4.69, 9.17) is 0 Å². The monoisotopic (exact) mass is 388 g/mol. The Morgan fingerprint density at radius 1 is 1.19 bits per heavy atom. The van der Waals surface area contributed by atoms with E-state index in [1.54, 1.807) is 33.8 Å². The van der Waals surface area contributed by atoms with Gasteiger partial charge in [0.15, 0.2) is 15.7 Å².